The maximum absolute atomic E-state index is 13.4. The number of sulfonamides is 1. The van der Waals surface area contributed by atoms with Gasteiger partial charge in [0.1, 0.15) is 5.82 Å². The highest BCUT2D eigenvalue weighted by atomic mass is 32.2. The molecule has 2 amide bonds. The number of nitrogens with one attached hydrogen (secondary N) is 3. The Hall–Kier alpha value is -3.72. The number of rotatable bonds is 6. The lowest BCUT2D eigenvalue weighted by molar-refractivity contribution is -0.121. The second kappa shape index (κ2) is 9.40. The summed E-state index contributed by atoms with van der Waals surface area (Å²) in [6.07, 6.45) is 0.116. The van der Waals surface area contributed by atoms with Gasteiger partial charge in [0.15, 0.2) is 0 Å². The van der Waals surface area contributed by atoms with Crippen LogP contribution in [0.5, 0.6) is 0 Å². The van der Waals surface area contributed by atoms with Gasteiger partial charge in [0.2, 0.25) is 5.91 Å². The molecule has 0 saturated heterocycles. The van der Waals surface area contributed by atoms with E-state index in [4.69, 9.17) is 0 Å². The first-order valence-electron chi connectivity index (χ1n) is 9.27. The maximum Gasteiger partial charge on any atom is 0.269 e. The van der Waals surface area contributed by atoms with E-state index in [1.54, 1.807) is 12.1 Å². The average molecular weight is 441 g/mol. The van der Waals surface area contributed by atoms with Gasteiger partial charge in [-0.25, -0.2) is 12.8 Å². The molecule has 0 atom stereocenters. The van der Waals surface area contributed by atoms with Crippen LogP contribution in [-0.4, -0.2) is 20.2 Å². The summed E-state index contributed by atoms with van der Waals surface area (Å²) in [6, 6.07) is 18.2. The van der Waals surface area contributed by atoms with Crippen molar-refractivity contribution >= 4 is 27.5 Å². The Morgan fingerprint density at radius 3 is 2.23 bits per heavy atom. The fourth-order valence-electron chi connectivity index (χ4n) is 2.71. The molecule has 3 aromatic carbocycles. The molecular formula is C22H20FN3O4S. The zero-order valence-corrected chi connectivity index (χ0v) is 17.4. The zero-order chi connectivity index (χ0) is 22.4. The molecule has 0 aliphatic carbocycles. The molecule has 0 bridgehead atoms. The number of benzene rings is 3. The molecule has 31 heavy (non-hydrogen) atoms. The Morgan fingerprint density at radius 2 is 1.58 bits per heavy atom. The average Bonchev–Trinajstić information content (AvgIpc) is 2.75. The number of amides is 2. The molecule has 0 saturated carbocycles. The normalized spacial score (nSPS) is 10.9. The van der Waals surface area contributed by atoms with Crippen LogP contribution < -0.4 is 15.6 Å². The Bertz CT molecular complexity index is 1200. The van der Waals surface area contributed by atoms with Crippen molar-refractivity contribution in [2.45, 2.75) is 18.2 Å². The molecule has 0 heterocycles. The van der Waals surface area contributed by atoms with E-state index in [2.05, 4.69) is 15.6 Å². The van der Waals surface area contributed by atoms with Gasteiger partial charge in [-0.15, -0.1) is 0 Å². The van der Waals surface area contributed by atoms with Crippen LogP contribution in [0.3, 0.4) is 0 Å². The van der Waals surface area contributed by atoms with Crippen molar-refractivity contribution in [2.75, 3.05) is 4.72 Å². The Morgan fingerprint density at radius 1 is 0.903 bits per heavy atom. The molecule has 0 aliphatic heterocycles. The van der Waals surface area contributed by atoms with E-state index in [1.165, 1.54) is 43.3 Å². The van der Waals surface area contributed by atoms with Gasteiger partial charge in [0, 0.05) is 11.3 Å². The monoisotopic (exact) mass is 441 g/mol. The SMILES string of the molecule is Cc1cc(S(=O)(=O)Nc2ccc(C(=O)NNC(=O)Cc3ccccc3)cc2)ccc1F. The molecule has 3 N–H and O–H groups in total. The second-order valence-electron chi connectivity index (χ2n) is 6.76. The van der Waals surface area contributed by atoms with Crippen LogP contribution in [0.15, 0.2) is 77.7 Å². The van der Waals surface area contributed by atoms with Crippen molar-refractivity contribution in [3.05, 3.63) is 95.3 Å². The number of hydrazine groups is 1. The van der Waals surface area contributed by atoms with Crippen LogP contribution in [0.2, 0.25) is 0 Å². The summed E-state index contributed by atoms with van der Waals surface area (Å²) in [7, 11) is -3.91. The van der Waals surface area contributed by atoms with Crippen LogP contribution in [0.1, 0.15) is 21.5 Å². The number of aryl methyl sites for hydroxylation is 1. The highest BCUT2D eigenvalue weighted by molar-refractivity contribution is 7.92. The van der Waals surface area contributed by atoms with Crippen LogP contribution in [0.4, 0.5) is 10.1 Å². The molecule has 0 aliphatic rings. The van der Waals surface area contributed by atoms with E-state index in [0.29, 0.717) is 0 Å². The van der Waals surface area contributed by atoms with E-state index >= 15 is 0 Å². The van der Waals surface area contributed by atoms with E-state index in [1.807, 2.05) is 18.2 Å². The van der Waals surface area contributed by atoms with Gasteiger partial charge in [0.25, 0.3) is 15.9 Å². The standard InChI is InChI=1S/C22H20FN3O4S/c1-15-13-19(11-12-20(15)23)31(29,30)26-18-9-7-17(8-10-18)22(28)25-24-21(27)14-16-5-3-2-4-6-16/h2-13,26H,14H2,1H3,(H,24,27)(H,25,28). The van der Waals surface area contributed by atoms with Crippen LogP contribution >= 0.6 is 0 Å². The van der Waals surface area contributed by atoms with Gasteiger partial charge in [-0.3, -0.25) is 25.2 Å². The second-order valence-corrected chi connectivity index (χ2v) is 8.44. The summed E-state index contributed by atoms with van der Waals surface area (Å²) in [5.41, 5.74) is 6.12. The molecule has 0 unspecified atom stereocenters. The van der Waals surface area contributed by atoms with Crippen LogP contribution in [0, 0.1) is 12.7 Å². The quantitative estimate of drug-likeness (QED) is 0.512. The van der Waals surface area contributed by atoms with Gasteiger partial charge in [-0.1, -0.05) is 30.3 Å². The fourth-order valence-corrected chi connectivity index (χ4v) is 3.86. The minimum absolute atomic E-state index is 0.0747. The Labute approximate surface area is 179 Å². The lowest BCUT2D eigenvalue weighted by Gasteiger charge is -2.10. The summed E-state index contributed by atoms with van der Waals surface area (Å²) in [4.78, 5) is 24.0. The number of halogens is 1. The summed E-state index contributed by atoms with van der Waals surface area (Å²) in [5, 5.41) is 0. The molecule has 3 aromatic rings. The smallest absolute Gasteiger partial charge is 0.269 e. The topological polar surface area (TPSA) is 104 Å². The van der Waals surface area contributed by atoms with Crippen molar-refractivity contribution in [3.8, 4) is 0 Å². The lowest BCUT2D eigenvalue weighted by Crippen LogP contribution is -2.42. The predicted molar refractivity (Wildman–Crippen MR) is 114 cm³/mol. The molecular weight excluding hydrogens is 421 g/mol. The predicted octanol–water partition coefficient (Wildman–Crippen LogP) is 2.94. The van der Waals surface area contributed by atoms with Crippen LogP contribution in [0.25, 0.3) is 0 Å². The van der Waals surface area contributed by atoms with Crippen molar-refractivity contribution in [3.63, 3.8) is 0 Å². The molecule has 9 heteroatoms. The maximum atomic E-state index is 13.4. The first kappa shape index (κ1) is 22.0. The van der Waals surface area contributed by atoms with Crippen molar-refractivity contribution in [2.24, 2.45) is 0 Å². The number of carbonyl (C=O) groups excluding carboxylic acids is 2. The fraction of sp³-hybridized carbons (Fsp3) is 0.0909. The highest BCUT2D eigenvalue weighted by Gasteiger charge is 2.16. The zero-order valence-electron chi connectivity index (χ0n) is 16.6. The number of carbonyl (C=O) groups is 2. The van der Waals surface area contributed by atoms with E-state index in [0.717, 1.165) is 11.6 Å². The molecule has 0 spiro atoms. The molecule has 0 aromatic heterocycles. The van der Waals surface area contributed by atoms with E-state index < -0.39 is 21.7 Å². The molecule has 160 valence electrons. The largest absolute Gasteiger partial charge is 0.280 e. The first-order chi connectivity index (χ1) is 14.7. The molecule has 0 fully saturated rings. The number of anilines is 1. The molecule has 0 radical (unpaired) electrons. The van der Waals surface area contributed by atoms with Crippen molar-refractivity contribution < 1.29 is 22.4 Å². The van der Waals surface area contributed by atoms with Crippen molar-refractivity contribution in [1.29, 1.82) is 0 Å². The molecule has 7 nitrogen and oxygen atoms in total. The Balaban J connectivity index is 1.58. The third-order valence-electron chi connectivity index (χ3n) is 4.36. The number of hydrogen-bond donors (Lipinski definition) is 3. The minimum atomic E-state index is -3.91. The lowest BCUT2D eigenvalue weighted by atomic mass is 10.1. The summed E-state index contributed by atoms with van der Waals surface area (Å²) < 4.78 is 40.7. The Kier molecular flexibility index (Phi) is 6.66. The summed E-state index contributed by atoms with van der Waals surface area (Å²) in [5.74, 6) is -1.42. The third-order valence-corrected chi connectivity index (χ3v) is 5.74. The third kappa shape index (κ3) is 5.89. The van der Waals surface area contributed by atoms with Gasteiger partial charge < -0.3 is 0 Å². The first-order valence-corrected chi connectivity index (χ1v) is 10.7. The van der Waals surface area contributed by atoms with Crippen molar-refractivity contribution in [1.82, 2.24) is 10.9 Å². The molecule has 3 rings (SSSR count). The van der Waals surface area contributed by atoms with E-state index in [-0.39, 0.29) is 34.0 Å². The number of hydrogen-bond acceptors (Lipinski definition) is 4. The van der Waals surface area contributed by atoms with Gasteiger partial charge >= 0.3 is 0 Å². The summed E-state index contributed by atoms with van der Waals surface area (Å²) >= 11 is 0. The van der Waals surface area contributed by atoms with E-state index in [9.17, 15) is 22.4 Å². The van der Waals surface area contributed by atoms with Gasteiger partial charge in [-0.2, -0.15) is 0 Å². The highest BCUT2D eigenvalue weighted by Crippen LogP contribution is 2.19. The summed E-state index contributed by atoms with van der Waals surface area (Å²) in [6.45, 7) is 1.47. The minimum Gasteiger partial charge on any atom is -0.280 e. The van der Waals surface area contributed by atoms with Gasteiger partial charge in [0.05, 0.1) is 11.3 Å². The van der Waals surface area contributed by atoms with Gasteiger partial charge in [-0.05, 0) is 60.5 Å². The van der Waals surface area contributed by atoms with Crippen LogP contribution in [-0.2, 0) is 21.2 Å².